The van der Waals surface area contributed by atoms with Gasteiger partial charge in [0, 0.05) is 51.4 Å². The van der Waals surface area contributed by atoms with Gasteiger partial charge in [0.15, 0.2) is 0 Å². The summed E-state index contributed by atoms with van der Waals surface area (Å²) in [4.78, 5) is 21.0. The second-order valence-electron chi connectivity index (χ2n) is 6.30. The molecule has 1 aliphatic rings. The molecule has 3 rings (SSSR count). The van der Waals surface area contributed by atoms with E-state index in [9.17, 15) is 4.79 Å². The molecular formula is C20H26N4O3. The van der Waals surface area contributed by atoms with E-state index >= 15 is 0 Å². The van der Waals surface area contributed by atoms with Crippen LogP contribution in [-0.2, 0) is 4.79 Å². The Morgan fingerprint density at radius 2 is 1.93 bits per heavy atom. The first-order chi connectivity index (χ1) is 13.2. The van der Waals surface area contributed by atoms with Crippen LogP contribution in [0.4, 0.5) is 11.5 Å². The van der Waals surface area contributed by atoms with Crippen LogP contribution in [0.3, 0.4) is 0 Å². The fraction of sp³-hybridized carbons (Fsp3) is 0.400. The Labute approximate surface area is 159 Å². The average Bonchev–Trinajstić information content (AvgIpc) is 2.74. The number of benzene rings is 1. The number of carbonyl (C=O) groups excluding carboxylic acids is 1. The first-order valence-electron chi connectivity index (χ1n) is 9.11. The summed E-state index contributed by atoms with van der Waals surface area (Å²) in [5, 5.41) is 3.27. The number of rotatable bonds is 7. The third-order valence-electron chi connectivity index (χ3n) is 4.67. The molecule has 0 atom stereocenters. The van der Waals surface area contributed by atoms with Crippen molar-refractivity contribution in [3.05, 3.63) is 42.6 Å². The predicted molar refractivity (Wildman–Crippen MR) is 106 cm³/mol. The largest absolute Gasteiger partial charge is 0.497 e. The first kappa shape index (κ1) is 18.8. The zero-order valence-corrected chi connectivity index (χ0v) is 15.9. The van der Waals surface area contributed by atoms with E-state index in [-0.39, 0.29) is 5.91 Å². The van der Waals surface area contributed by atoms with E-state index in [1.165, 1.54) is 0 Å². The molecule has 2 heterocycles. The molecular weight excluding hydrogens is 344 g/mol. The van der Waals surface area contributed by atoms with Crippen molar-refractivity contribution in [2.45, 2.75) is 6.42 Å². The fourth-order valence-corrected chi connectivity index (χ4v) is 3.14. The smallest absolute Gasteiger partial charge is 0.224 e. The minimum absolute atomic E-state index is 0.157. The maximum Gasteiger partial charge on any atom is 0.224 e. The number of methoxy groups -OCH3 is 2. The molecule has 7 nitrogen and oxygen atoms in total. The van der Waals surface area contributed by atoms with Crippen molar-refractivity contribution >= 4 is 17.4 Å². The molecule has 144 valence electrons. The Morgan fingerprint density at radius 1 is 1.11 bits per heavy atom. The number of aromatic nitrogens is 1. The molecule has 2 aromatic rings. The molecule has 0 aliphatic carbocycles. The van der Waals surface area contributed by atoms with Gasteiger partial charge in [-0.15, -0.1) is 0 Å². The van der Waals surface area contributed by atoms with Gasteiger partial charge in [0.05, 0.1) is 19.9 Å². The quantitative estimate of drug-likeness (QED) is 0.806. The number of ether oxygens (including phenoxy) is 2. The van der Waals surface area contributed by atoms with Gasteiger partial charge in [-0.1, -0.05) is 6.07 Å². The second-order valence-corrected chi connectivity index (χ2v) is 6.30. The van der Waals surface area contributed by atoms with Gasteiger partial charge in [-0.25, -0.2) is 4.98 Å². The van der Waals surface area contributed by atoms with Gasteiger partial charge in [-0.3, -0.25) is 4.79 Å². The number of hydrogen-bond acceptors (Lipinski definition) is 6. The lowest BCUT2D eigenvalue weighted by atomic mass is 10.2. The average molecular weight is 370 g/mol. The van der Waals surface area contributed by atoms with Crippen LogP contribution >= 0.6 is 0 Å². The molecule has 0 spiro atoms. The van der Waals surface area contributed by atoms with Crippen LogP contribution in [0, 0.1) is 0 Å². The number of nitrogens with one attached hydrogen (secondary N) is 1. The maximum atomic E-state index is 12.5. The van der Waals surface area contributed by atoms with Crippen LogP contribution in [0.5, 0.6) is 11.5 Å². The third kappa shape index (κ3) is 4.81. The molecule has 0 bridgehead atoms. The van der Waals surface area contributed by atoms with Gasteiger partial charge in [0.25, 0.3) is 0 Å². The molecule has 1 N–H and O–H groups in total. The predicted octanol–water partition coefficient (Wildman–Crippen LogP) is 2.25. The summed E-state index contributed by atoms with van der Waals surface area (Å²) in [6, 6.07) is 11.5. The topological polar surface area (TPSA) is 66.9 Å². The lowest BCUT2D eigenvalue weighted by Crippen LogP contribution is -2.49. The van der Waals surface area contributed by atoms with Crippen LogP contribution < -0.4 is 19.7 Å². The van der Waals surface area contributed by atoms with Crippen LogP contribution in [0.1, 0.15) is 6.42 Å². The number of nitrogens with zero attached hydrogens (tertiary/aromatic N) is 3. The number of pyridine rings is 1. The molecule has 1 aromatic carbocycles. The Morgan fingerprint density at radius 3 is 2.59 bits per heavy atom. The van der Waals surface area contributed by atoms with Gasteiger partial charge < -0.3 is 24.6 Å². The lowest BCUT2D eigenvalue weighted by molar-refractivity contribution is -0.131. The summed E-state index contributed by atoms with van der Waals surface area (Å²) < 4.78 is 10.6. The van der Waals surface area contributed by atoms with Gasteiger partial charge in [-0.05, 0) is 24.3 Å². The molecule has 0 unspecified atom stereocenters. The van der Waals surface area contributed by atoms with Gasteiger partial charge in [0.2, 0.25) is 5.91 Å². The van der Waals surface area contributed by atoms with Crippen molar-refractivity contribution in [2.24, 2.45) is 0 Å². The van der Waals surface area contributed by atoms with Gasteiger partial charge in [-0.2, -0.15) is 0 Å². The zero-order chi connectivity index (χ0) is 19.1. The number of carbonyl (C=O) groups is 1. The lowest BCUT2D eigenvalue weighted by Gasteiger charge is -2.35. The minimum atomic E-state index is 0.157. The maximum absolute atomic E-state index is 12.5. The molecule has 1 amide bonds. The van der Waals surface area contributed by atoms with Crippen LogP contribution in [0.25, 0.3) is 0 Å². The summed E-state index contributed by atoms with van der Waals surface area (Å²) in [7, 11) is 3.25. The van der Waals surface area contributed by atoms with Gasteiger partial charge >= 0.3 is 0 Å². The van der Waals surface area contributed by atoms with E-state index in [0.717, 1.165) is 49.2 Å². The van der Waals surface area contributed by atoms with Crippen molar-refractivity contribution in [1.29, 1.82) is 0 Å². The van der Waals surface area contributed by atoms with Gasteiger partial charge in [0.1, 0.15) is 17.3 Å². The standard InChI is InChI=1S/C20H26N4O3/c1-26-16-6-7-18(27-2)17(15-16)21-10-8-20(25)24-13-11-23(12-14-24)19-5-3-4-9-22-19/h3-7,9,15,21H,8,10-14H2,1-2H3. The molecule has 1 saturated heterocycles. The normalized spacial score (nSPS) is 14.0. The van der Waals surface area contributed by atoms with E-state index in [4.69, 9.17) is 9.47 Å². The molecule has 1 aliphatic heterocycles. The Balaban J connectivity index is 1.47. The Kier molecular flexibility index (Phi) is 6.35. The van der Waals surface area contributed by atoms with E-state index in [1.54, 1.807) is 20.4 Å². The SMILES string of the molecule is COc1ccc(OC)c(NCCC(=O)N2CCN(c3ccccn3)CC2)c1. The Hall–Kier alpha value is -2.96. The van der Waals surface area contributed by atoms with E-state index in [1.807, 2.05) is 41.3 Å². The summed E-state index contributed by atoms with van der Waals surface area (Å²) in [6.45, 7) is 3.60. The van der Waals surface area contributed by atoms with Crippen molar-refractivity contribution in [3.63, 3.8) is 0 Å². The molecule has 0 saturated carbocycles. The molecule has 7 heteroatoms. The highest BCUT2D eigenvalue weighted by atomic mass is 16.5. The van der Waals surface area contributed by atoms with E-state index in [0.29, 0.717) is 13.0 Å². The summed E-state index contributed by atoms with van der Waals surface area (Å²) in [6.07, 6.45) is 2.23. The van der Waals surface area contributed by atoms with Crippen LogP contribution in [-0.4, -0.2) is 62.7 Å². The first-order valence-corrected chi connectivity index (χ1v) is 9.11. The highest BCUT2D eigenvalue weighted by Gasteiger charge is 2.21. The Bertz CT molecular complexity index is 746. The minimum Gasteiger partial charge on any atom is -0.497 e. The van der Waals surface area contributed by atoms with E-state index in [2.05, 4.69) is 15.2 Å². The van der Waals surface area contributed by atoms with Crippen molar-refractivity contribution < 1.29 is 14.3 Å². The fourth-order valence-electron chi connectivity index (χ4n) is 3.14. The highest BCUT2D eigenvalue weighted by Crippen LogP contribution is 2.28. The molecule has 27 heavy (non-hydrogen) atoms. The number of amides is 1. The monoisotopic (exact) mass is 370 g/mol. The number of piperazine rings is 1. The van der Waals surface area contributed by atoms with Crippen molar-refractivity contribution in [3.8, 4) is 11.5 Å². The number of anilines is 2. The molecule has 0 radical (unpaired) electrons. The van der Waals surface area contributed by atoms with Crippen molar-refractivity contribution in [2.75, 3.05) is 57.2 Å². The third-order valence-corrected chi connectivity index (χ3v) is 4.67. The van der Waals surface area contributed by atoms with E-state index < -0.39 is 0 Å². The van der Waals surface area contributed by atoms with Crippen molar-refractivity contribution in [1.82, 2.24) is 9.88 Å². The van der Waals surface area contributed by atoms with Crippen LogP contribution in [0.2, 0.25) is 0 Å². The summed E-state index contributed by atoms with van der Waals surface area (Å²) >= 11 is 0. The molecule has 1 fully saturated rings. The zero-order valence-electron chi connectivity index (χ0n) is 15.9. The summed E-state index contributed by atoms with van der Waals surface area (Å²) in [5.74, 6) is 2.60. The second kappa shape index (κ2) is 9.12. The highest BCUT2D eigenvalue weighted by molar-refractivity contribution is 5.77. The molecule has 1 aromatic heterocycles. The van der Waals surface area contributed by atoms with Crippen LogP contribution in [0.15, 0.2) is 42.6 Å². The summed E-state index contributed by atoms with van der Waals surface area (Å²) in [5.41, 5.74) is 0.824. The number of hydrogen-bond donors (Lipinski definition) is 1.